The van der Waals surface area contributed by atoms with Gasteiger partial charge in [-0.1, -0.05) is 6.07 Å². The van der Waals surface area contributed by atoms with Crippen molar-refractivity contribution >= 4 is 28.3 Å². The van der Waals surface area contributed by atoms with Gasteiger partial charge in [-0.2, -0.15) is 11.3 Å². The molecule has 0 saturated carbocycles. The molecule has 6 nitrogen and oxygen atoms in total. The van der Waals surface area contributed by atoms with Crippen molar-refractivity contribution in [3.8, 4) is 0 Å². The molecular formula is C17H19N3O3S. The summed E-state index contributed by atoms with van der Waals surface area (Å²) in [5, 5.41) is 16.4. The molecule has 0 fully saturated rings. The second-order valence-corrected chi connectivity index (χ2v) is 6.47. The Balaban J connectivity index is 1.43. The van der Waals surface area contributed by atoms with Gasteiger partial charge in [-0.25, -0.2) is 4.79 Å². The Morgan fingerprint density at radius 2 is 2.08 bits per heavy atom. The van der Waals surface area contributed by atoms with E-state index in [2.05, 4.69) is 15.3 Å². The summed E-state index contributed by atoms with van der Waals surface area (Å²) in [4.78, 5) is 28.5. The average molecular weight is 345 g/mol. The highest BCUT2D eigenvalue weighted by atomic mass is 32.1. The van der Waals surface area contributed by atoms with Gasteiger partial charge >= 0.3 is 5.69 Å². The minimum Gasteiger partial charge on any atom is -0.387 e. The zero-order chi connectivity index (χ0) is 16.9. The van der Waals surface area contributed by atoms with Crippen LogP contribution in [0.15, 0.2) is 39.8 Å². The summed E-state index contributed by atoms with van der Waals surface area (Å²) in [5.74, 6) is -0.0691. The first-order valence-corrected chi connectivity index (χ1v) is 8.74. The van der Waals surface area contributed by atoms with Crippen molar-refractivity contribution < 1.29 is 9.90 Å². The van der Waals surface area contributed by atoms with E-state index in [0.717, 1.165) is 28.6 Å². The number of amides is 1. The number of H-pyrrole nitrogens is 2. The van der Waals surface area contributed by atoms with Crippen LogP contribution < -0.4 is 11.0 Å². The van der Waals surface area contributed by atoms with Crippen LogP contribution in [0.5, 0.6) is 0 Å². The molecule has 1 aromatic carbocycles. The van der Waals surface area contributed by atoms with Crippen molar-refractivity contribution in [2.75, 3.05) is 6.54 Å². The molecule has 1 amide bonds. The normalized spacial score (nSPS) is 12.4. The van der Waals surface area contributed by atoms with Gasteiger partial charge in [-0.15, -0.1) is 0 Å². The van der Waals surface area contributed by atoms with Crippen LogP contribution in [0.2, 0.25) is 0 Å². The van der Waals surface area contributed by atoms with Crippen molar-refractivity contribution in [1.82, 2.24) is 15.3 Å². The minimum atomic E-state index is -0.659. The second kappa shape index (κ2) is 7.46. The molecule has 2 heterocycles. The Morgan fingerprint density at radius 1 is 1.25 bits per heavy atom. The van der Waals surface area contributed by atoms with E-state index in [1.165, 1.54) is 11.3 Å². The maximum absolute atomic E-state index is 11.9. The van der Waals surface area contributed by atoms with Gasteiger partial charge in [0.15, 0.2) is 0 Å². The summed E-state index contributed by atoms with van der Waals surface area (Å²) in [6.07, 6.45) is 1.20. The molecule has 4 N–H and O–H groups in total. The van der Waals surface area contributed by atoms with Crippen LogP contribution in [0.1, 0.15) is 30.1 Å². The molecule has 1 atom stereocenters. The summed E-state index contributed by atoms with van der Waals surface area (Å²) in [6, 6.07) is 7.58. The third-order valence-electron chi connectivity index (χ3n) is 3.87. The van der Waals surface area contributed by atoms with Crippen LogP contribution >= 0.6 is 11.3 Å². The fourth-order valence-corrected chi connectivity index (χ4v) is 3.28. The van der Waals surface area contributed by atoms with E-state index in [-0.39, 0.29) is 18.1 Å². The second-order valence-electron chi connectivity index (χ2n) is 5.69. The number of hydrogen-bond acceptors (Lipinski definition) is 4. The first-order valence-electron chi connectivity index (χ1n) is 7.79. The molecule has 3 rings (SSSR count). The molecule has 0 radical (unpaired) electrons. The van der Waals surface area contributed by atoms with Gasteiger partial charge in [0.05, 0.1) is 17.1 Å². The Hall–Kier alpha value is -2.38. The Kier molecular flexibility index (Phi) is 5.12. The standard InChI is InChI=1S/C17H19N3O3S/c21-15(12-6-7-24-10-12)9-18-16(22)3-1-2-11-4-5-13-14(8-11)20-17(23)19-13/h4-8,10,15,21H,1-3,9H2,(H,18,22)(H2,19,20,23). The Labute approximate surface area is 142 Å². The molecule has 0 saturated heterocycles. The van der Waals surface area contributed by atoms with Gasteiger partial charge < -0.3 is 20.4 Å². The number of thiophene rings is 1. The highest BCUT2D eigenvalue weighted by Gasteiger charge is 2.10. The quantitative estimate of drug-likeness (QED) is 0.528. The Bertz CT molecular complexity index is 867. The molecule has 0 aliphatic carbocycles. The number of nitrogens with one attached hydrogen (secondary N) is 3. The van der Waals surface area contributed by atoms with Gasteiger partial charge in [0, 0.05) is 13.0 Å². The number of fused-ring (bicyclic) bond motifs is 1. The van der Waals surface area contributed by atoms with E-state index in [9.17, 15) is 14.7 Å². The zero-order valence-electron chi connectivity index (χ0n) is 13.0. The van der Waals surface area contributed by atoms with Gasteiger partial charge in [-0.05, 0) is 52.9 Å². The lowest BCUT2D eigenvalue weighted by atomic mass is 10.1. The van der Waals surface area contributed by atoms with Gasteiger partial charge in [-0.3, -0.25) is 4.79 Å². The number of hydrogen-bond donors (Lipinski definition) is 4. The van der Waals surface area contributed by atoms with Gasteiger partial charge in [0.2, 0.25) is 5.91 Å². The maximum atomic E-state index is 11.9. The number of aryl methyl sites for hydroxylation is 1. The van der Waals surface area contributed by atoms with E-state index in [4.69, 9.17) is 0 Å². The molecule has 24 heavy (non-hydrogen) atoms. The molecule has 0 spiro atoms. The van der Waals surface area contributed by atoms with Gasteiger partial charge in [0.25, 0.3) is 0 Å². The van der Waals surface area contributed by atoms with Crippen LogP contribution in [0.4, 0.5) is 0 Å². The zero-order valence-corrected chi connectivity index (χ0v) is 13.9. The molecule has 2 aromatic heterocycles. The molecular weight excluding hydrogens is 326 g/mol. The highest BCUT2D eigenvalue weighted by molar-refractivity contribution is 7.07. The monoisotopic (exact) mass is 345 g/mol. The summed E-state index contributed by atoms with van der Waals surface area (Å²) >= 11 is 1.52. The highest BCUT2D eigenvalue weighted by Crippen LogP contribution is 2.15. The predicted molar refractivity (Wildman–Crippen MR) is 94.1 cm³/mol. The number of aromatic amines is 2. The maximum Gasteiger partial charge on any atom is 0.323 e. The molecule has 0 bridgehead atoms. The average Bonchev–Trinajstić information content (AvgIpc) is 3.20. The summed E-state index contributed by atoms with van der Waals surface area (Å²) in [7, 11) is 0. The minimum absolute atomic E-state index is 0.0691. The van der Waals surface area contributed by atoms with E-state index >= 15 is 0 Å². The lowest BCUT2D eigenvalue weighted by Crippen LogP contribution is -2.28. The van der Waals surface area contributed by atoms with Crippen LogP contribution in [0.25, 0.3) is 11.0 Å². The van der Waals surface area contributed by atoms with Crippen molar-refractivity contribution in [3.63, 3.8) is 0 Å². The van der Waals surface area contributed by atoms with E-state index in [1.54, 1.807) is 0 Å². The number of imidazole rings is 1. The fourth-order valence-electron chi connectivity index (χ4n) is 2.57. The van der Waals surface area contributed by atoms with Crippen LogP contribution in [-0.4, -0.2) is 27.5 Å². The largest absolute Gasteiger partial charge is 0.387 e. The lowest BCUT2D eigenvalue weighted by molar-refractivity contribution is -0.121. The number of carbonyl (C=O) groups excluding carboxylic acids is 1. The summed E-state index contributed by atoms with van der Waals surface area (Å²) < 4.78 is 0. The van der Waals surface area contributed by atoms with Crippen molar-refractivity contribution in [1.29, 1.82) is 0 Å². The first-order chi connectivity index (χ1) is 11.6. The molecule has 1 unspecified atom stereocenters. The number of rotatable bonds is 7. The molecule has 0 aliphatic heterocycles. The smallest absolute Gasteiger partial charge is 0.323 e. The topological polar surface area (TPSA) is 98.0 Å². The van der Waals surface area contributed by atoms with Crippen molar-refractivity contribution in [2.45, 2.75) is 25.4 Å². The van der Waals surface area contributed by atoms with Crippen molar-refractivity contribution in [3.05, 3.63) is 56.6 Å². The summed E-state index contributed by atoms with van der Waals surface area (Å²) in [6.45, 7) is 0.228. The van der Waals surface area contributed by atoms with Crippen LogP contribution in [0, 0.1) is 0 Å². The van der Waals surface area contributed by atoms with E-state index < -0.39 is 6.10 Å². The number of aliphatic hydroxyl groups is 1. The third-order valence-corrected chi connectivity index (χ3v) is 4.57. The molecule has 0 aliphatic rings. The van der Waals surface area contributed by atoms with Gasteiger partial charge in [0.1, 0.15) is 0 Å². The Morgan fingerprint density at radius 3 is 2.88 bits per heavy atom. The number of benzene rings is 1. The third kappa shape index (κ3) is 4.12. The molecule has 126 valence electrons. The summed E-state index contributed by atoms with van der Waals surface area (Å²) in [5.41, 5.74) is 3.24. The SMILES string of the molecule is O=C(CCCc1ccc2[nH]c(=O)[nH]c2c1)NCC(O)c1ccsc1. The molecule has 7 heteroatoms. The number of aliphatic hydroxyl groups excluding tert-OH is 1. The number of aromatic nitrogens is 2. The number of carbonyl (C=O) groups is 1. The van der Waals surface area contributed by atoms with Crippen molar-refractivity contribution in [2.24, 2.45) is 0 Å². The van der Waals surface area contributed by atoms with Crippen LogP contribution in [-0.2, 0) is 11.2 Å². The lowest BCUT2D eigenvalue weighted by Gasteiger charge is -2.10. The van der Waals surface area contributed by atoms with E-state index in [0.29, 0.717) is 12.8 Å². The first kappa shape index (κ1) is 16.5. The van der Waals surface area contributed by atoms with E-state index in [1.807, 2.05) is 35.0 Å². The molecule has 3 aromatic rings. The predicted octanol–water partition coefficient (Wildman–Crippen LogP) is 2.09. The van der Waals surface area contributed by atoms with Crippen LogP contribution in [0.3, 0.4) is 0 Å². The fraction of sp³-hybridized carbons (Fsp3) is 0.294.